The Morgan fingerprint density at radius 1 is 1.10 bits per heavy atom. The van der Waals surface area contributed by atoms with E-state index in [0.29, 0.717) is 18.1 Å². The molecule has 6 heteroatoms. The van der Waals surface area contributed by atoms with Gasteiger partial charge in [0.15, 0.2) is 5.11 Å². The SMILES string of the molecule is Cc1cccc(-n2c(C)cc([C@@H]3[C@@H](c4ccccn4)NC(=S)N3CCCO)c2C)c1C. The summed E-state index contributed by atoms with van der Waals surface area (Å²) in [7, 11) is 0. The molecule has 0 radical (unpaired) electrons. The molecule has 1 aromatic carbocycles. The lowest BCUT2D eigenvalue weighted by Gasteiger charge is -2.28. The molecule has 0 amide bonds. The minimum atomic E-state index is -0.0417. The van der Waals surface area contributed by atoms with Gasteiger partial charge in [-0.1, -0.05) is 18.2 Å². The molecule has 0 bridgehead atoms. The van der Waals surface area contributed by atoms with Crippen molar-refractivity contribution in [3.8, 4) is 5.69 Å². The molecule has 5 nitrogen and oxygen atoms in total. The molecule has 1 fully saturated rings. The van der Waals surface area contributed by atoms with Crippen LogP contribution in [0.25, 0.3) is 5.69 Å². The number of nitrogens with zero attached hydrogens (tertiary/aromatic N) is 3. The van der Waals surface area contributed by atoms with Crippen LogP contribution in [0.1, 0.15) is 52.3 Å². The highest BCUT2D eigenvalue weighted by molar-refractivity contribution is 7.80. The van der Waals surface area contributed by atoms with Crippen LogP contribution >= 0.6 is 12.2 Å². The summed E-state index contributed by atoms with van der Waals surface area (Å²) in [5.41, 5.74) is 8.39. The standard InChI is InChI=1S/C25H30N4OS/c1-16-9-7-11-22(18(16)3)29-17(2)15-20(19(29)4)24-23(21-10-5-6-12-26-21)27-25(31)28(24)13-8-14-30/h5-7,9-12,15,23-24,30H,8,13-14H2,1-4H3,(H,27,31)/t23-,24-/m1/s1. The molecule has 0 spiro atoms. The van der Waals surface area contributed by atoms with Crippen LogP contribution in [0, 0.1) is 27.7 Å². The fraction of sp³-hybridized carbons (Fsp3) is 0.360. The number of benzene rings is 1. The van der Waals surface area contributed by atoms with Crippen LogP contribution in [0.3, 0.4) is 0 Å². The van der Waals surface area contributed by atoms with Gasteiger partial charge in [0, 0.05) is 36.4 Å². The highest BCUT2D eigenvalue weighted by Gasteiger charge is 2.41. The van der Waals surface area contributed by atoms with Crippen molar-refractivity contribution < 1.29 is 5.11 Å². The summed E-state index contributed by atoms with van der Waals surface area (Å²) < 4.78 is 2.35. The van der Waals surface area contributed by atoms with Gasteiger partial charge in [0.05, 0.1) is 17.8 Å². The van der Waals surface area contributed by atoms with Gasteiger partial charge in [-0.25, -0.2) is 0 Å². The maximum absolute atomic E-state index is 9.45. The van der Waals surface area contributed by atoms with Crippen molar-refractivity contribution in [2.45, 2.75) is 46.2 Å². The summed E-state index contributed by atoms with van der Waals surface area (Å²) in [6, 6.07) is 14.7. The van der Waals surface area contributed by atoms with E-state index in [-0.39, 0.29) is 18.7 Å². The zero-order chi connectivity index (χ0) is 22.1. The van der Waals surface area contributed by atoms with E-state index in [1.54, 1.807) is 0 Å². The molecule has 2 atom stereocenters. The first-order valence-corrected chi connectivity index (χ1v) is 11.2. The predicted molar refractivity (Wildman–Crippen MR) is 129 cm³/mol. The summed E-state index contributed by atoms with van der Waals surface area (Å²) in [6.45, 7) is 9.52. The molecule has 0 unspecified atom stereocenters. The Morgan fingerprint density at radius 2 is 1.90 bits per heavy atom. The van der Waals surface area contributed by atoms with Gasteiger partial charge in [0.1, 0.15) is 0 Å². The predicted octanol–water partition coefficient (Wildman–Crippen LogP) is 4.46. The lowest BCUT2D eigenvalue weighted by atomic mass is 9.96. The molecule has 1 saturated heterocycles. The van der Waals surface area contributed by atoms with E-state index >= 15 is 0 Å². The van der Waals surface area contributed by atoms with Crippen LogP contribution in [-0.4, -0.2) is 37.8 Å². The zero-order valence-electron chi connectivity index (χ0n) is 18.6. The third kappa shape index (κ3) is 3.86. The summed E-state index contributed by atoms with van der Waals surface area (Å²) in [6.07, 6.45) is 2.50. The molecule has 3 heterocycles. The number of hydrogen-bond acceptors (Lipinski definition) is 3. The summed E-state index contributed by atoms with van der Waals surface area (Å²) in [4.78, 5) is 6.83. The van der Waals surface area contributed by atoms with Gasteiger partial charge in [0.25, 0.3) is 0 Å². The highest BCUT2D eigenvalue weighted by Crippen LogP contribution is 2.41. The number of aliphatic hydroxyl groups excluding tert-OH is 1. The Hall–Kier alpha value is -2.70. The largest absolute Gasteiger partial charge is 0.396 e. The normalized spacial score (nSPS) is 18.5. The number of aromatic nitrogens is 2. The maximum Gasteiger partial charge on any atom is 0.170 e. The number of aliphatic hydroxyl groups is 1. The number of thiocarbonyl (C=S) groups is 1. The van der Waals surface area contributed by atoms with Crippen molar-refractivity contribution >= 4 is 17.3 Å². The Balaban J connectivity index is 1.84. The van der Waals surface area contributed by atoms with Gasteiger partial charge in [-0.05, 0) is 87.3 Å². The van der Waals surface area contributed by atoms with Crippen molar-refractivity contribution in [2.75, 3.05) is 13.2 Å². The van der Waals surface area contributed by atoms with Crippen LogP contribution < -0.4 is 5.32 Å². The minimum Gasteiger partial charge on any atom is -0.396 e. The average molecular weight is 435 g/mol. The van der Waals surface area contributed by atoms with Crippen molar-refractivity contribution in [3.05, 3.63) is 82.4 Å². The van der Waals surface area contributed by atoms with Crippen molar-refractivity contribution in [1.29, 1.82) is 0 Å². The van der Waals surface area contributed by atoms with Crippen molar-refractivity contribution in [2.24, 2.45) is 0 Å². The van der Waals surface area contributed by atoms with Crippen LogP contribution in [0.15, 0.2) is 48.7 Å². The van der Waals surface area contributed by atoms with Crippen LogP contribution in [0.5, 0.6) is 0 Å². The monoisotopic (exact) mass is 434 g/mol. The topological polar surface area (TPSA) is 53.3 Å². The minimum absolute atomic E-state index is 0.0130. The van der Waals surface area contributed by atoms with Gasteiger partial charge in [-0.2, -0.15) is 0 Å². The van der Waals surface area contributed by atoms with E-state index in [1.807, 2.05) is 24.4 Å². The van der Waals surface area contributed by atoms with Gasteiger partial charge in [-0.3, -0.25) is 4.98 Å². The quantitative estimate of drug-likeness (QED) is 0.561. The number of rotatable bonds is 6. The molecule has 4 rings (SSSR count). The average Bonchev–Trinajstić information content (AvgIpc) is 3.24. The smallest absolute Gasteiger partial charge is 0.170 e. The number of nitrogens with one attached hydrogen (secondary N) is 1. The fourth-order valence-corrected chi connectivity index (χ4v) is 4.99. The molecule has 1 aliphatic rings. The van der Waals surface area contributed by atoms with Crippen molar-refractivity contribution in [3.63, 3.8) is 0 Å². The summed E-state index contributed by atoms with van der Waals surface area (Å²) in [5, 5.41) is 13.7. The molecule has 2 N–H and O–H groups in total. The van der Waals surface area contributed by atoms with Gasteiger partial charge in [-0.15, -0.1) is 0 Å². The molecule has 1 aliphatic heterocycles. The van der Waals surface area contributed by atoms with E-state index in [1.165, 1.54) is 33.8 Å². The van der Waals surface area contributed by atoms with E-state index in [0.717, 1.165) is 5.69 Å². The van der Waals surface area contributed by atoms with E-state index in [4.69, 9.17) is 12.2 Å². The summed E-state index contributed by atoms with van der Waals surface area (Å²) >= 11 is 5.72. The molecule has 0 saturated carbocycles. The maximum atomic E-state index is 9.45. The van der Waals surface area contributed by atoms with Crippen LogP contribution in [-0.2, 0) is 0 Å². The molecule has 2 aromatic heterocycles. The van der Waals surface area contributed by atoms with Gasteiger partial charge in [0.2, 0.25) is 0 Å². The lowest BCUT2D eigenvalue weighted by Crippen LogP contribution is -2.31. The summed E-state index contributed by atoms with van der Waals surface area (Å²) in [5.74, 6) is 0. The fourth-order valence-electron chi connectivity index (χ4n) is 4.66. The third-order valence-electron chi connectivity index (χ3n) is 6.36. The van der Waals surface area contributed by atoms with E-state index < -0.39 is 0 Å². The molecule has 162 valence electrons. The number of aryl methyl sites for hydroxylation is 2. The second-order valence-electron chi connectivity index (χ2n) is 8.28. The van der Waals surface area contributed by atoms with Crippen molar-refractivity contribution in [1.82, 2.24) is 19.8 Å². The molecular weight excluding hydrogens is 404 g/mol. The van der Waals surface area contributed by atoms with Gasteiger partial charge < -0.3 is 19.9 Å². The molecular formula is C25H30N4OS. The Morgan fingerprint density at radius 3 is 2.61 bits per heavy atom. The number of hydrogen-bond donors (Lipinski definition) is 2. The highest BCUT2D eigenvalue weighted by atomic mass is 32.1. The van der Waals surface area contributed by atoms with Crippen LogP contribution in [0.4, 0.5) is 0 Å². The molecule has 31 heavy (non-hydrogen) atoms. The van der Waals surface area contributed by atoms with E-state index in [9.17, 15) is 5.11 Å². The molecule has 3 aromatic rings. The first-order chi connectivity index (χ1) is 14.9. The van der Waals surface area contributed by atoms with E-state index in [2.05, 4.69) is 71.7 Å². The lowest BCUT2D eigenvalue weighted by molar-refractivity contribution is 0.247. The first kappa shape index (κ1) is 21.5. The second-order valence-corrected chi connectivity index (χ2v) is 8.66. The first-order valence-electron chi connectivity index (χ1n) is 10.8. The Labute approximate surface area is 189 Å². The zero-order valence-corrected chi connectivity index (χ0v) is 19.4. The third-order valence-corrected chi connectivity index (χ3v) is 6.71. The van der Waals surface area contributed by atoms with Crippen LogP contribution in [0.2, 0.25) is 0 Å². The Bertz CT molecular complexity index is 1090. The molecule has 0 aliphatic carbocycles. The number of pyridine rings is 1. The van der Waals surface area contributed by atoms with Gasteiger partial charge >= 0.3 is 0 Å². The second kappa shape index (κ2) is 8.81. The Kier molecular flexibility index (Phi) is 6.12.